The van der Waals surface area contributed by atoms with Gasteiger partial charge in [-0.25, -0.2) is 0 Å². The molecule has 21 heavy (non-hydrogen) atoms. The summed E-state index contributed by atoms with van der Waals surface area (Å²) in [6.45, 7) is 14.1. The van der Waals surface area contributed by atoms with Crippen molar-refractivity contribution in [3.05, 3.63) is 0 Å². The molecule has 0 radical (unpaired) electrons. The van der Waals surface area contributed by atoms with Gasteiger partial charge in [0.25, 0.3) is 0 Å². The van der Waals surface area contributed by atoms with Gasteiger partial charge in [0.1, 0.15) is 0 Å². The van der Waals surface area contributed by atoms with Gasteiger partial charge in [0.2, 0.25) is 0 Å². The Balaban J connectivity index is 1.51. The van der Waals surface area contributed by atoms with E-state index < -0.39 is 0 Å². The van der Waals surface area contributed by atoms with Crippen LogP contribution < -0.4 is 0 Å². The minimum atomic E-state index is 0.866. The highest BCUT2D eigenvalue weighted by Gasteiger charge is 2.20. The lowest BCUT2D eigenvalue weighted by atomic mass is 9.92. The molecule has 0 aromatic carbocycles. The Hall–Kier alpha value is -0.160. The largest absolute Gasteiger partial charge is 0.382 e. The van der Waals surface area contributed by atoms with E-state index in [-0.39, 0.29) is 0 Å². The molecule has 124 valence electrons. The zero-order valence-corrected chi connectivity index (χ0v) is 14.2. The van der Waals surface area contributed by atoms with Gasteiger partial charge in [-0.3, -0.25) is 4.90 Å². The molecule has 0 N–H and O–H groups in total. The van der Waals surface area contributed by atoms with Crippen molar-refractivity contribution in [3.63, 3.8) is 0 Å². The molecule has 0 atom stereocenters. The molecule has 4 nitrogen and oxygen atoms in total. The van der Waals surface area contributed by atoms with Crippen LogP contribution in [0.15, 0.2) is 0 Å². The highest BCUT2D eigenvalue weighted by Crippen LogP contribution is 2.21. The van der Waals surface area contributed by atoms with Crippen LogP contribution in [0.2, 0.25) is 0 Å². The summed E-state index contributed by atoms with van der Waals surface area (Å²) < 4.78 is 5.44. The Morgan fingerprint density at radius 2 is 1.52 bits per heavy atom. The van der Waals surface area contributed by atoms with Crippen LogP contribution >= 0.6 is 0 Å². The molecule has 0 aliphatic carbocycles. The quantitative estimate of drug-likeness (QED) is 0.636. The molecule has 2 saturated heterocycles. The zero-order chi connectivity index (χ0) is 14.9. The predicted octanol–water partition coefficient (Wildman–Crippen LogP) is 1.76. The number of nitrogens with zero attached hydrogens (tertiary/aromatic N) is 3. The Labute approximate surface area is 131 Å². The first-order chi connectivity index (χ1) is 10.3. The number of piperidine rings is 1. The molecule has 2 aliphatic rings. The van der Waals surface area contributed by atoms with E-state index in [4.69, 9.17) is 4.74 Å². The number of likely N-dealkylation sites (N-methyl/N-ethyl adjacent to an activating group) is 1. The average Bonchev–Trinajstić information content (AvgIpc) is 2.52. The first-order valence-corrected chi connectivity index (χ1v) is 8.99. The zero-order valence-electron chi connectivity index (χ0n) is 14.2. The van der Waals surface area contributed by atoms with Gasteiger partial charge in [-0.2, -0.15) is 0 Å². The summed E-state index contributed by atoms with van der Waals surface area (Å²) in [4.78, 5) is 7.75. The molecule has 0 aromatic heterocycles. The van der Waals surface area contributed by atoms with Gasteiger partial charge < -0.3 is 14.5 Å². The standard InChI is InChI=1S/C17H35N3O/c1-3-21-16-4-5-17-6-8-19(9-7-17)14-15-20-12-10-18(2)11-13-20/h17H,3-16H2,1-2H3. The molecule has 2 heterocycles. The number of hydrogen-bond acceptors (Lipinski definition) is 4. The average molecular weight is 297 g/mol. The maximum absolute atomic E-state index is 5.44. The monoisotopic (exact) mass is 297 g/mol. The summed E-state index contributed by atoms with van der Waals surface area (Å²) in [7, 11) is 2.23. The van der Waals surface area contributed by atoms with Gasteiger partial charge in [-0.05, 0) is 58.7 Å². The van der Waals surface area contributed by atoms with Crippen LogP contribution in [0.25, 0.3) is 0 Å². The normalized spacial score (nSPS) is 23.7. The van der Waals surface area contributed by atoms with Crippen molar-refractivity contribution in [1.82, 2.24) is 14.7 Å². The van der Waals surface area contributed by atoms with Gasteiger partial charge in [0.05, 0.1) is 0 Å². The summed E-state index contributed by atoms with van der Waals surface area (Å²) in [5.41, 5.74) is 0. The lowest BCUT2D eigenvalue weighted by Gasteiger charge is -2.36. The van der Waals surface area contributed by atoms with Gasteiger partial charge in [0.15, 0.2) is 0 Å². The van der Waals surface area contributed by atoms with Gasteiger partial charge in [-0.15, -0.1) is 0 Å². The van der Waals surface area contributed by atoms with Crippen molar-refractivity contribution in [2.24, 2.45) is 5.92 Å². The van der Waals surface area contributed by atoms with Crippen LogP contribution in [0.5, 0.6) is 0 Å². The number of hydrogen-bond donors (Lipinski definition) is 0. The van der Waals surface area contributed by atoms with Crippen LogP contribution in [0.3, 0.4) is 0 Å². The molecule has 2 rings (SSSR count). The fraction of sp³-hybridized carbons (Fsp3) is 1.00. The topological polar surface area (TPSA) is 19.0 Å². The van der Waals surface area contributed by atoms with Crippen LogP contribution in [-0.4, -0.2) is 87.3 Å². The van der Waals surface area contributed by atoms with Crippen molar-refractivity contribution in [1.29, 1.82) is 0 Å². The minimum Gasteiger partial charge on any atom is -0.382 e. The minimum absolute atomic E-state index is 0.866. The molecule has 4 heteroatoms. The first kappa shape index (κ1) is 17.2. The molecular formula is C17H35N3O. The number of rotatable bonds is 8. The third kappa shape index (κ3) is 6.64. The molecule has 2 aliphatic heterocycles. The number of likely N-dealkylation sites (tertiary alicyclic amines) is 1. The van der Waals surface area contributed by atoms with Crippen molar-refractivity contribution in [2.45, 2.75) is 32.6 Å². The van der Waals surface area contributed by atoms with E-state index >= 15 is 0 Å². The maximum Gasteiger partial charge on any atom is 0.0465 e. The van der Waals surface area contributed by atoms with E-state index in [1.54, 1.807) is 0 Å². The highest BCUT2D eigenvalue weighted by molar-refractivity contribution is 4.75. The lowest BCUT2D eigenvalue weighted by molar-refractivity contribution is 0.111. The van der Waals surface area contributed by atoms with Crippen molar-refractivity contribution >= 4 is 0 Å². The molecule has 0 spiro atoms. The van der Waals surface area contributed by atoms with E-state index in [0.29, 0.717) is 0 Å². The van der Waals surface area contributed by atoms with E-state index in [1.165, 1.54) is 78.0 Å². The van der Waals surface area contributed by atoms with E-state index in [0.717, 1.165) is 19.1 Å². The van der Waals surface area contributed by atoms with Crippen molar-refractivity contribution in [3.8, 4) is 0 Å². The van der Waals surface area contributed by atoms with E-state index in [2.05, 4.69) is 28.7 Å². The van der Waals surface area contributed by atoms with Crippen molar-refractivity contribution in [2.75, 3.05) is 72.6 Å². The second-order valence-electron chi connectivity index (χ2n) is 6.77. The Morgan fingerprint density at radius 3 is 2.14 bits per heavy atom. The van der Waals surface area contributed by atoms with E-state index in [9.17, 15) is 0 Å². The Morgan fingerprint density at radius 1 is 0.905 bits per heavy atom. The molecule has 0 saturated carbocycles. The molecule has 2 fully saturated rings. The van der Waals surface area contributed by atoms with Crippen LogP contribution in [0, 0.1) is 5.92 Å². The van der Waals surface area contributed by atoms with Crippen LogP contribution in [0.1, 0.15) is 32.6 Å². The maximum atomic E-state index is 5.44. The van der Waals surface area contributed by atoms with Gasteiger partial charge in [-0.1, -0.05) is 0 Å². The molecule has 0 aromatic rings. The molecule has 0 amide bonds. The Bertz CT molecular complexity index is 259. The third-order valence-electron chi connectivity index (χ3n) is 5.14. The van der Waals surface area contributed by atoms with Gasteiger partial charge in [0, 0.05) is 52.5 Å². The summed E-state index contributed by atoms with van der Waals surface area (Å²) in [6, 6.07) is 0. The Kier molecular flexibility index (Phi) is 8.01. The summed E-state index contributed by atoms with van der Waals surface area (Å²) in [6.07, 6.45) is 5.41. The number of ether oxygens (including phenoxy) is 1. The lowest BCUT2D eigenvalue weighted by Crippen LogP contribution is -2.47. The second kappa shape index (κ2) is 9.78. The summed E-state index contributed by atoms with van der Waals surface area (Å²) in [5, 5.41) is 0. The SMILES string of the molecule is CCOCCCC1CCN(CCN2CCN(C)CC2)CC1. The molecule has 0 unspecified atom stereocenters. The summed E-state index contributed by atoms with van der Waals surface area (Å²) >= 11 is 0. The second-order valence-corrected chi connectivity index (χ2v) is 6.77. The molecular weight excluding hydrogens is 262 g/mol. The van der Waals surface area contributed by atoms with E-state index in [1.807, 2.05) is 0 Å². The predicted molar refractivity (Wildman–Crippen MR) is 88.8 cm³/mol. The third-order valence-corrected chi connectivity index (χ3v) is 5.14. The van der Waals surface area contributed by atoms with Crippen molar-refractivity contribution < 1.29 is 4.74 Å². The smallest absolute Gasteiger partial charge is 0.0465 e. The number of piperazine rings is 1. The first-order valence-electron chi connectivity index (χ1n) is 8.99. The molecule has 0 bridgehead atoms. The highest BCUT2D eigenvalue weighted by atomic mass is 16.5. The fourth-order valence-corrected chi connectivity index (χ4v) is 3.47. The van der Waals surface area contributed by atoms with Gasteiger partial charge >= 0.3 is 0 Å². The van der Waals surface area contributed by atoms with Crippen LogP contribution in [-0.2, 0) is 4.74 Å². The van der Waals surface area contributed by atoms with Crippen LogP contribution in [0.4, 0.5) is 0 Å². The fourth-order valence-electron chi connectivity index (χ4n) is 3.47. The summed E-state index contributed by atoms with van der Waals surface area (Å²) in [5.74, 6) is 0.949.